The van der Waals surface area contributed by atoms with E-state index in [1.165, 1.54) is 23.0 Å². The molecule has 1 atom stereocenters. The molecular formula is C22H24ClN3O5. The van der Waals surface area contributed by atoms with E-state index in [9.17, 15) is 14.4 Å². The minimum Gasteiger partial charge on any atom is -0.497 e. The number of methoxy groups -OCH3 is 2. The summed E-state index contributed by atoms with van der Waals surface area (Å²) >= 11 is 6.21. The van der Waals surface area contributed by atoms with Crippen LogP contribution in [0.5, 0.6) is 11.5 Å². The molecule has 0 bridgehead atoms. The maximum Gasteiger partial charge on any atom is 0.253 e. The van der Waals surface area contributed by atoms with Gasteiger partial charge in [0.1, 0.15) is 11.5 Å². The average molecular weight is 446 g/mol. The van der Waals surface area contributed by atoms with Gasteiger partial charge in [0.15, 0.2) is 0 Å². The van der Waals surface area contributed by atoms with E-state index in [0.29, 0.717) is 33.5 Å². The van der Waals surface area contributed by atoms with Gasteiger partial charge in [0.25, 0.3) is 5.91 Å². The lowest BCUT2D eigenvalue weighted by Crippen LogP contribution is -2.28. The molecule has 1 fully saturated rings. The second kappa shape index (κ2) is 9.26. The third-order valence-corrected chi connectivity index (χ3v) is 5.38. The maximum absolute atomic E-state index is 12.9. The highest BCUT2D eigenvalue weighted by Crippen LogP contribution is 2.36. The highest BCUT2D eigenvalue weighted by Gasteiger charge is 2.36. The predicted octanol–water partition coefficient (Wildman–Crippen LogP) is 3.05. The fourth-order valence-electron chi connectivity index (χ4n) is 3.37. The third-order valence-electron chi connectivity index (χ3n) is 5.05. The van der Waals surface area contributed by atoms with Crippen molar-refractivity contribution in [1.82, 2.24) is 4.90 Å². The highest BCUT2D eigenvalue weighted by atomic mass is 35.5. The van der Waals surface area contributed by atoms with Crippen LogP contribution in [0.15, 0.2) is 36.4 Å². The monoisotopic (exact) mass is 445 g/mol. The molecule has 1 N–H and O–H groups in total. The Balaban J connectivity index is 1.77. The Kier molecular flexibility index (Phi) is 6.70. The van der Waals surface area contributed by atoms with Crippen LogP contribution in [0.3, 0.4) is 0 Å². The molecule has 0 saturated carbocycles. The Morgan fingerprint density at radius 3 is 2.52 bits per heavy atom. The third kappa shape index (κ3) is 4.74. The minimum atomic E-state index is -0.580. The van der Waals surface area contributed by atoms with E-state index in [0.717, 1.165) is 0 Å². The predicted molar refractivity (Wildman–Crippen MR) is 118 cm³/mol. The van der Waals surface area contributed by atoms with E-state index in [2.05, 4.69) is 5.32 Å². The van der Waals surface area contributed by atoms with Crippen LogP contribution in [0.4, 0.5) is 11.4 Å². The molecule has 0 aromatic heterocycles. The molecule has 9 heteroatoms. The fourth-order valence-corrected chi connectivity index (χ4v) is 3.54. The van der Waals surface area contributed by atoms with E-state index in [1.54, 1.807) is 51.5 Å². The summed E-state index contributed by atoms with van der Waals surface area (Å²) in [4.78, 5) is 40.7. The van der Waals surface area contributed by atoms with Gasteiger partial charge in [-0.1, -0.05) is 11.6 Å². The van der Waals surface area contributed by atoms with Gasteiger partial charge in [-0.3, -0.25) is 14.4 Å². The summed E-state index contributed by atoms with van der Waals surface area (Å²) in [6.45, 7) is 0.196. The van der Waals surface area contributed by atoms with Crippen LogP contribution in [0.1, 0.15) is 16.8 Å². The molecule has 8 nitrogen and oxygen atoms in total. The normalized spacial score (nSPS) is 15.6. The van der Waals surface area contributed by atoms with Gasteiger partial charge in [0.2, 0.25) is 11.8 Å². The first kappa shape index (κ1) is 22.4. The first-order chi connectivity index (χ1) is 14.7. The number of anilines is 2. The molecule has 2 aromatic carbocycles. The topological polar surface area (TPSA) is 88.2 Å². The van der Waals surface area contributed by atoms with Crippen molar-refractivity contribution in [2.24, 2.45) is 5.92 Å². The molecule has 0 spiro atoms. The zero-order valence-corrected chi connectivity index (χ0v) is 18.5. The van der Waals surface area contributed by atoms with Crippen molar-refractivity contribution in [1.29, 1.82) is 0 Å². The van der Waals surface area contributed by atoms with Gasteiger partial charge in [0.05, 0.1) is 36.5 Å². The molecule has 1 heterocycles. The summed E-state index contributed by atoms with van der Waals surface area (Å²) in [5.74, 6) is -0.245. The summed E-state index contributed by atoms with van der Waals surface area (Å²) in [6.07, 6.45) is 0.0506. The van der Waals surface area contributed by atoms with Gasteiger partial charge in [-0.25, -0.2) is 0 Å². The number of halogens is 1. The number of nitrogens with zero attached hydrogens (tertiary/aromatic N) is 2. The van der Waals surface area contributed by atoms with Crippen molar-refractivity contribution in [3.05, 3.63) is 47.0 Å². The van der Waals surface area contributed by atoms with Crippen molar-refractivity contribution in [3.8, 4) is 11.5 Å². The summed E-state index contributed by atoms with van der Waals surface area (Å²) in [7, 11) is 6.33. The molecular weight excluding hydrogens is 422 g/mol. The van der Waals surface area contributed by atoms with Gasteiger partial charge in [-0.15, -0.1) is 0 Å². The molecule has 3 rings (SSSR count). The van der Waals surface area contributed by atoms with Crippen LogP contribution >= 0.6 is 11.6 Å². The number of ether oxygens (including phenoxy) is 2. The van der Waals surface area contributed by atoms with Crippen molar-refractivity contribution in [3.63, 3.8) is 0 Å². The second-order valence-corrected chi connectivity index (χ2v) is 7.73. The van der Waals surface area contributed by atoms with Crippen LogP contribution in [-0.2, 0) is 9.59 Å². The Morgan fingerprint density at radius 2 is 1.87 bits per heavy atom. The summed E-state index contributed by atoms with van der Waals surface area (Å²) in [5.41, 5.74) is 1.30. The molecule has 3 amide bonds. The molecule has 0 radical (unpaired) electrons. The number of rotatable bonds is 6. The molecule has 0 aliphatic carbocycles. The Hall–Kier alpha value is -3.26. The minimum absolute atomic E-state index is 0.0506. The molecule has 1 saturated heterocycles. The first-order valence-electron chi connectivity index (χ1n) is 9.59. The lowest BCUT2D eigenvalue weighted by Gasteiger charge is -2.20. The molecule has 164 valence electrons. The van der Waals surface area contributed by atoms with Gasteiger partial charge >= 0.3 is 0 Å². The van der Waals surface area contributed by atoms with E-state index in [-0.39, 0.29) is 30.7 Å². The van der Waals surface area contributed by atoms with Gasteiger partial charge in [-0.05, 0) is 30.3 Å². The number of benzene rings is 2. The summed E-state index contributed by atoms with van der Waals surface area (Å²) in [5, 5.41) is 3.06. The average Bonchev–Trinajstić information content (AvgIpc) is 3.15. The highest BCUT2D eigenvalue weighted by molar-refractivity contribution is 6.34. The number of carbonyl (C=O) groups is 3. The van der Waals surface area contributed by atoms with Crippen LogP contribution in [0, 0.1) is 5.92 Å². The van der Waals surface area contributed by atoms with E-state index in [4.69, 9.17) is 21.1 Å². The van der Waals surface area contributed by atoms with Gasteiger partial charge < -0.3 is 24.6 Å². The van der Waals surface area contributed by atoms with Crippen molar-refractivity contribution in [2.45, 2.75) is 6.42 Å². The standard InChI is InChI=1S/C22H24ClN3O5/c1-25(2)22(29)13-5-7-16(23)17(9-13)24-21(28)14-10-20(27)26(12-14)18-8-6-15(30-3)11-19(18)31-4/h5-9,11,14H,10,12H2,1-4H3,(H,24,28). The number of carbonyl (C=O) groups excluding carboxylic acids is 3. The van der Waals surface area contributed by atoms with Gasteiger partial charge in [0, 0.05) is 38.7 Å². The Labute approximate surface area is 185 Å². The van der Waals surface area contributed by atoms with Crippen molar-refractivity contribution in [2.75, 3.05) is 45.1 Å². The smallest absolute Gasteiger partial charge is 0.253 e. The van der Waals surface area contributed by atoms with E-state index < -0.39 is 5.92 Å². The molecule has 1 aliphatic rings. The van der Waals surface area contributed by atoms with Crippen molar-refractivity contribution >= 4 is 40.7 Å². The van der Waals surface area contributed by atoms with Crippen molar-refractivity contribution < 1.29 is 23.9 Å². The lowest BCUT2D eigenvalue weighted by atomic mass is 10.1. The Morgan fingerprint density at radius 1 is 1.13 bits per heavy atom. The largest absolute Gasteiger partial charge is 0.497 e. The SMILES string of the molecule is COc1ccc(N2CC(C(=O)Nc3cc(C(=O)N(C)C)ccc3Cl)CC2=O)c(OC)c1. The zero-order chi connectivity index (χ0) is 22.7. The Bertz CT molecular complexity index is 1020. The lowest BCUT2D eigenvalue weighted by molar-refractivity contribution is -0.122. The number of hydrogen-bond acceptors (Lipinski definition) is 5. The number of amides is 3. The number of hydrogen-bond donors (Lipinski definition) is 1. The quantitative estimate of drug-likeness (QED) is 0.738. The molecule has 1 unspecified atom stereocenters. The first-order valence-corrected chi connectivity index (χ1v) is 9.97. The van der Waals surface area contributed by atoms with Crippen LogP contribution in [0.25, 0.3) is 0 Å². The fraction of sp³-hybridized carbons (Fsp3) is 0.318. The molecule has 2 aromatic rings. The summed E-state index contributed by atoms with van der Waals surface area (Å²) in [6, 6.07) is 9.82. The summed E-state index contributed by atoms with van der Waals surface area (Å²) < 4.78 is 10.6. The molecule has 31 heavy (non-hydrogen) atoms. The van der Waals surface area contributed by atoms with Crippen LogP contribution < -0.4 is 19.7 Å². The van der Waals surface area contributed by atoms with Crippen LogP contribution in [-0.4, -0.2) is 57.5 Å². The van der Waals surface area contributed by atoms with E-state index in [1.807, 2.05) is 0 Å². The van der Waals surface area contributed by atoms with E-state index >= 15 is 0 Å². The zero-order valence-electron chi connectivity index (χ0n) is 17.8. The van der Waals surface area contributed by atoms with Crippen LogP contribution in [0.2, 0.25) is 5.02 Å². The maximum atomic E-state index is 12.9. The molecule has 1 aliphatic heterocycles. The van der Waals surface area contributed by atoms with Gasteiger partial charge in [-0.2, -0.15) is 0 Å². The second-order valence-electron chi connectivity index (χ2n) is 7.33. The number of nitrogens with one attached hydrogen (secondary N) is 1.